The Bertz CT molecular complexity index is 1230. The average molecular weight is 463 g/mol. The van der Waals surface area contributed by atoms with Gasteiger partial charge in [-0.05, 0) is 42.8 Å². The molecule has 0 fully saturated rings. The number of para-hydroxylation sites is 1. The first-order valence-corrected chi connectivity index (χ1v) is 10.2. The quantitative estimate of drug-likeness (QED) is 0.213. The summed E-state index contributed by atoms with van der Waals surface area (Å²) in [6, 6.07) is 22.8. The fourth-order valence-electron chi connectivity index (χ4n) is 3.43. The molecule has 7 heteroatoms. The minimum atomic E-state index is -0.420. The van der Waals surface area contributed by atoms with E-state index in [1.807, 2.05) is 24.3 Å². The SMILES string of the molecule is Cc1c(/C=N/Nc2ccc([N+](=O)[O-])cc2)c2ccccc2n1Cc1ccc(Br)cc1. The number of hydrogen-bond acceptors (Lipinski definition) is 4. The normalized spacial score (nSPS) is 11.3. The molecule has 4 aromatic rings. The minimum Gasteiger partial charge on any atom is -0.340 e. The second-order valence-corrected chi connectivity index (χ2v) is 7.82. The van der Waals surface area contributed by atoms with Crippen molar-refractivity contribution in [2.24, 2.45) is 5.10 Å². The van der Waals surface area contributed by atoms with Crippen LogP contribution in [0, 0.1) is 17.0 Å². The summed E-state index contributed by atoms with van der Waals surface area (Å²) in [7, 11) is 0. The maximum Gasteiger partial charge on any atom is 0.269 e. The summed E-state index contributed by atoms with van der Waals surface area (Å²) in [5, 5.41) is 16.3. The number of nitro groups is 1. The van der Waals surface area contributed by atoms with Gasteiger partial charge in [0.15, 0.2) is 0 Å². The van der Waals surface area contributed by atoms with Gasteiger partial charge in [0.05, 0.1) is 16.8 Å². The zero-order valence-electron chi connectivity index (χ0n) is 16.2. The number of hydrogen-bond donors (Lipinski definition) is 1. The fourth-order valence-corrected chi connectivity index (χ4v) is 3.69. The van der Waals surface area contributed by atoms with Crippen LogP contribution in [0.4, 0.5) is 11.4 Å². The van der Waals surface area contributed by atoms with E-state index in [1.165, 1.54) is 17.7 Å². The van der Waals surface area contributed by atoms with Gasteiger partial charge in [0.25, 0.3) is 5.69 Å². The van der Waals surface area contributed by atoms with Crippen LogP contribution in [0.2, 0.25) is 0 Å². The zero-order valence-corrected chi connectivity index (χ0v) is 17.8. The molecule has 0 unspecified atom stereocenters. The summed E-state index contributed by atoms with van der Waals surface area (Å²) >= 11 is 3.48. The highest BCUT2D eigenvalue weighted by atomic mass is 79.9. The van der Waals surface area contributed by atoms with E-state index in [-0.39, 0.29) is 5.69 Å². The number of non-ortho nitro benzene ring substituents is 1. The predicted octanol–water partition coefficient (Wildman–Crippen LogP) is 6.11. The number of rotatable bonds is 6. The molecule has 150 valence electrons. The molecule has 0 atom stereocenters. The highest BCUT2D eigenvalue weighted by molar-refractivity contribution is 9.10. The van der Waals surface area contributed by atoms with Crippen LogP contribution in [0.15, 0.2) is 82.4 Å². The number of benzene rings is 3. The van der Waals surface area contributed by atoms with E-state index < -0.39 is 4.92 Å². The topological polar surface area (TPSA) is 72.5 Å². The van der Waals surface area contributed by atoms with Crippen molar-refractivity contribution in [2.75, 3.05) is 5.43 Å². The van der Waals surface area contributed by atoms with E-state index in [2.05, 4.69) is 62.2 Å². The lowest BCUT2D eigenvalue weighted by atomic mass is 10.1. The van der Waals surface area contributed by atoms with Crippen LogP contribution in [0.1, 0.15) is 16.8 Å². The van der Waals surface area contributed by atoms with Crippen molar-refractivity contribution >= 4 is 44.4 Å². The number of anilines is 1. The lowest BCUT2D eigenvalue weighted by Crippen LogP contribution is -2.02. The first-order chi connectivity index (χ1) is 14.5. The number of nitro benzene ring substituents is 1. The lowest BCUT2D eigenvalue weighted by molar-refractivity contribution is -0.384. The van der Waals surface area contributed by atoms with E-state index >= 15 is 0 Å². The van der Waals surface area contributed by atoms with Crippen molar-refractivity contribution in [3.63, 3.8) is 0 Å². The van der Waals surface area contributed by atoms with E-state index in [1.54, 1.807) is 18.3 Å². The molecule has 1 N–H and O–H groups in total. The van der Waals surface area contributed by atoms with Crippen molar-refractivity contribution in [1.82, 2.24) is 4.57 Å². The summed E-state index contributed by atoms with van der Waals surface area (Å²) < 4.78 is 3.34. The summed E-state index contributed by atoms with van der Waals surface area (Å²) in [4.78, 5) is 10.4. The van der Waals surface area contributed by atoms with Crippen LogP contribution in [0.25, 0.3) is 10.9 Å². The van der Waals surface area contributed by atoms with Gasteiger partial charge >= 0.3 is 0 Å². The van der Waals surface area contributed by atoms with Crippen molar-refractivity contribution in [3.8, 4) is 0 Å². The first kappa shape index (κ1) is 19.8. The number of fused-ring (bicyclic) bond motifs is 1. The van der Waals surface area contributed by atoms with Gasteiger partial charge < -0.3 is 4.57 Å². The van der Waals surface area contributed by atoms with Crippen LogP contribution in [0.5, 0.6) is 0 Å². The lowest BCUT2D eigenvalue weighted by Gasteiger charge is -2.09. The second-order valence-electron chi connectivity index (χ2n) is 6.90. The standard InChI is InChI=1S/C23H19BrN4O2/c1-16-22(14-25-26-19-10-12-20(13-11-19)28(29)30)21-4-2-3-5-23(21)27(16)15-17-6-8-18(24)9-7-17/h2-14,26H,15H2,1H3/b25-14+. The van der Waals surface area contributed by atoms with Gasteiger partial charge in [0.1, 0.15) is 0 Å². The van der Waals surface area contributed by atoms with Gasteiger partial charge in [-0.3, -0.25) is 15.5 Å². The van der Waals surface area contributed by atoms with Crippen LogP contribution < -0.4 is 5.43 Å². The predicted molar refractivity (Wildman–Crippen MR) is 124 cm³/mol. The van der Waals surface area contributed by atoms with Crippen molar-refractivity contribution in [3.05, 3.63) is 104 Å². The van der Waals surface area contributed by atoms with E-state index in [9.17, 15) is 10.1 Å². The zero-order chi connectivity index (χ0) is 21.1. The van der Waals surface area contributed by atoms with E-state index in [0.29, 0.717) is 5.69 Å². The Labute approximate surface area is 182 Å². The second kappa shape index (κ2) is 8.51. The Kier molecular flexibility index (Phi) is 5.63. The van der Waals surface area contributed by atoms with Crippen molar-refractivity contribution < 1.29 is 4.92 Å². The molecular formula is C23H19BrN4O2. The van der Waals surface area contributed by atoms with E-state index in [4.69, 9.17) is 0 Å². The first-order valence-electron chi connectivity index (χ1n) is 9.39. The smallest absolute Gasteiger partial charge is 0.269 e. The Hall–Kier alpha value is -3.45. The Morgan fingerprint density at radius 1 is 1.07 bits per heavy atom. The molecule has 0 amide bonds. The van der Waals surface area contributed by atoms with Crippen LogP contribution in [-0.2, 0) is 6.54 Å². The van der Waals surface area contributed by atoms with Gasteiger partial charge in [0, 0.05) is 45.3 Å². The molecular weight excluding hydrogens is 444 g/mol. The summed E-state index contributed by atoms with van der Waals surface area (Å²) in [6.45, 7) is 2.86. The molecule has 4 rings (SSSR count). The monoisotopic (exact) mass is 462 g/mol. The third-order valence-corrected chi connectivity index (χ3v) is 5.53. The van der Waals surface area contributed by atoms with Crippen molar-refractivity contribution in [2.45, 2.75) is 13.5 Å². The molecule has 1 heterocycles. The van der Waals surface area contributed by atoms with E-state index in [0.717, 1.165) is 33.2 Å². The molecule has 0 aliphatic carbocycles. The van der Waals surface area contributed by atoms with Crippen LogP contribution in [0.3, 0.4) is 0 Å². The maximum absolute atomic E-state index is 10.8. The van der Waals surface area contributed by atoms with Crippen molar-refractivity contribution in [1.29, 1.82) is 0 Å². The molecule has 6 nitrogen and oxygen atoms in total. The minimum absolute atomic E-state index is 0.0522. The summed E-state index contributed by atoms with van der Waals surface area (Å²) in [5.41, 5.74) is 8.21. The number of halogens is 1. The number of aromatic nitrogens is 1. The maximum atomic E-state index is 10.8. The molecule has 0 spiro atoms. The Morgan fingerprint density at radius 2 is 1.77 bits per heavy atom. The van der Waals surface area contributed by atoms with Gasteiger partial charge in [-0.1, -0.05) is 46.3 Å². The summed E-state index contributed by atoms with van der Waals surface area (Å²) in [5.74, 6) is 0. The molecule has 0 saturated carbocycles. The number of nitrogens with one attached hydrogen (secondary N) is 1. The van der Waals surface area contributed by atoms with Gasteiger partial charge in [-0.15, -0.1) is 0 Å². The van der Waals surface area contributed by atoms with Gasteiger partial charge in [-0.25, -0.2) is 0 Å². The molecule has 1 aromatic heterocycles. The van der Waals surface area contributed by atoms with Gasteiger partial charge in [0.2, 0.25) is 0 Å². The highest BCUT2D eigenvalue weighted by Crippen LogP contribution is 2.26. The van der Waals surface area contributed by atoms with Crippen LogP contribution in [-0.4, -0.2) is 15.7 Å². The Morgan fingerprint density at radius 3 is 2.47 bits per heavy atom. The third kappa shape index (κ3) is 4.11. The average Bonchev–Trinajstić information content (AvgIpc) is 3.01. The number of hydrazone groups is 1. The molecule has 3 aromatic carbocycles. The molecule has 0 bridgehead atoms. The molecule has 0 radical (unpaired) electrons. The molecule has 0 saturated heterocycles. The third-order valence-electron chi connectivity index (χ3n) is 5.00. The molecule has 0 aliphatic heterocycles. The van der Waals surface area contributed by atoms with Crippen LogP contribution >= 0.6 is 15.9 Å². The number of nitrogens with zero attached hydrogens (tertiary/aromatic N) is 3. The highest BCUT2D eigenvalue weighted by Gasteiger charge is 2.12. The largest absolute Gasteiger partial charge is 0.340 e. The molecule has 0 aliphatic rings. The Balaban J connectivity index is 1.62. The molecule has 30 heavy (non-hydrogen) atoms. The fraction of sp³-hybridized carbons (Fsp3) is 0.0870. The summed E-state index contributed by atoms with van der Waals surface area (Å²) in [6.07, 6.45) is 1.80. The van der Waals surface area contributed by atoms with Gasteiger partial charge in [-0.2, -0.15) is 5.10 Å².